The molecule has 0 aliphatic carbocycles. The molecule has 0 aliphatic heterocycles. The highest BCUT2D eigenvalue weighted by Gasteiger charge is 2.13. The Labute approximate surface area is 151 Å². The standard InChI is InChI=1S/C16H14Br2Cl2O/c17-13-5-1-11(2-6-13)9-15(19)21-16(20)10-12-3-7-14(18)8-4-12/h1-8,15-16H,9-10H2. The second-order valence-corrected chi connectivity index (χ2v) is 7.42. The van der Waals surface area contributed by atoms with Crippen molar-refractivity contribution < 1.29 is 4.74 Å². The molecule has 2 rings (SSSR count). The van der Waals surface area contributed by atoms with E-state index in [-0.39, 0.29) is 0 Å². The van der Waals surface area contributed by atoms with Gasteiger partial charge in [-0.1, -0.05) is 79.3 Å². The van der Waals surface area contributed by atoms with Crippen LogP contribution in [0.25, 0.3) is 0 Å². The van der Waals surface area contributed by atoms with Crippen molar-refractivity contribution in [2.45, 2.75) is 24.0 Å². The molecule has 112 valence electrons. The van der Waals surface area contributed by atoms with Crippen LogP contribution in [0.2, 0.25) is 0 Å². The molecule has 2 aromatic rings. The normalized spacial score (nSPS) is 13.9. The highest BCUT2D eigenvalue weighted by Crippen LogP contribution is 2.19. The smallest absolute Gasteiger partial charge is 0.137 e. The number of benzene rings is 2. The van der Waals surface area contributed by atoms with Gasteiger partial charge in [-0.15, -0.1) is 0 Å². The van der Waals surface area contributed by atoms with E-state index in [1.165, 1.54) is 0 Å². The summed E-state index contributed by atoms with van der Waals surface area (Å²) >= 11 is 19.2. The maximum atomic E-state index is 6.22. The first-order valence-electron chi connectivity index (χ1n) is 6.45. The minimum Gasteiger partial charge on any atom is -0.343 e. The van der Waals surface area contributed by atoms with Crippen molar-refractivity contribution in [2.24, 2.45) is 0 Å². The van der Waals surface area contributed by atoms with Gasteiger partial charge in [-0.05, 0) is 35.4 Å². The zero-order valence-electron chi connectivity index (χ0n) is 11.1. The molecular formula is C16H14Br2Cl2O. The van der Waals surface area contributed by atoms with E-state index in [4.69, 9.17) is 27.9 Å². The van der Waals surface area contributed by atoms with Crippen LogP contribution in [0, 0.1) is 0 Å². The predicted octanol–water partition coefficient (Wildman–Crippen LogP) is 6.14. The van der Waals surface area contributed by atoms with Crippen molar-refractivity contribution in [3.63, 3.8) is 0 Å². The first kappa shape index (κ1) is 17.3. The number of ether oxygens (including phenoxy) is 1. The molecule has 0 fully saturated rings. The van der Waals surface area contributed by atoms with Crippen LogP contribution in [0.4, 0.5) is 0 Å². The summed E-state index contributed by atoms with van der Waals surface area (Å²) in [6, 6.07) is 16.0. The lowest BCUT2D eigenvalue weighted by Gasteiger charge is -2.16. The lowest BCUT2D eigenvalue weighted by Crippen LogP contribution is -2.17. The number of rotatable bonds is 6. The Bertz CT molecular complexity index is 506. The molecule has 0 bridgehead atoms. The first-order chi connectivity index (χ1) is 10.0. The summed E-state index contributed by atoms with van der Waals surface area (Å²) in [6.07, 6.45) is 1.25. The Kier molecular flexibility index (Phi) is 7.03. The SMILES string of the molecule is ClC(Cc1ccc(Br)cc1)OC(Cl)Cc1ccc(Br)cc1. The van der Waals surface area contributed by atoms with E-state index in [2.05, 4.69) is 31.9 Å². The third kappa shape index (κ3) is 6.29. The molecule has 0 amide bonds. The molecular weight excluding hydrogens is 439 g/mol. The van der Waals surface area contributed by atoms with Gasteiger partial charge < -0.3 is 4.74 Å². The van der Waals surface area contributed by atoms with E-state index in [9.17, 15) is 0 Å². The van der Waals surface area contributed by atoms with Crippen LogP contribution in [0.1, 0.15) is 11.1 Å². The third-order valence-corrected chi connectivity index (χ3v) is 4.49. The Hall–Kier alpha value is -0.0600. The number of hydrogen-bond acceptors (Lipinski definition) is 1. The molecule has 0 aliphatic rings. The van der Waals surface area contributed by atoms with Gasteiger partial charge in [0.1, 0.15) is 11.1 Å². The van der Waals surface area contributed by atoms with Crippen LogP contribution < -0.4 is 0 Å². The molecule has 21 heavy (non-hydrogen) atoms. The summed E-state index contributed by atoms with van der Waals surface area (Å²) in [6.45, 7) is 0. The zero-order chi connectivity index (χ0) is 15.2. The van der Waals surface area contributed by atoms with Gasteiger partial charge in [0.05, 0.1) is 0 Å². The Morgan fingerprint density at radius 3 is 1.38 bits per heavy atom. The molecule has 5 heteroatoms. The Morgan fingerprint density at radius 2 is 1.05 bits per heavy atom. The average Bonchev–Trinajstić information content (AvgIpc) is 2.44. The Balaban J connectivity index is 1.82. The van der Waals surface area contributed by atoms with E-state index < -0.39 is 11.1 Å². The van der Waals surface area contributed by atoms with Gasteiger partial charge in [-0.3, -0.25) is 0 Å². The minimum absolute atomic E-state index is 0.441. The predicted molar refractivity (Wildman–Crippen MR) is 96.1 cm³/mol. The molecule has 0 aromatic heterocycles. The van der Waals surface area contributed by atoms with Crippen molar-refractivity contribution in [2.75, 3.05) is 0 Å². The number of hydrogen-bond donors (Lipinski definition) is 0. The highest BCUT2D eigenvalue weighted by molar-refractivity contribution is 9.10. The summed E-state index contributed by atoms with van der Waals surface area (Å²) in [4.78, 5) is 0. The van der Waals surface area contributed by atoms with Crippen molar-refractivity contribution in [3.05, 3.63) is 68.6 Å². The van der Waals surface area contributed by atoms with E-state index in [1.54, 1.807) is 0 Å². The molecule has 0 spiro atoms. The third-order valence-electron chi connectivity index (χ3n) is 2.91. The van der Waals surface area contributed by atoms with Crippen molar-refractivity contribution >= 4 is 55.1 Å². The van der Waals surface area contributed by atoms with Crippen LogP contribution in [-0.2, 0) is 17.6 Å². The molecule has 0 heterocycles. The quantitative estimate of drug-likeness (QED) is 0.478. The zero-order valence-corrected chi connectivity index (χ0v) is 15.8. The fraction of sp³-hybridized carbons (Fsp3) is 0.250. The van der Waals surface area contributed by atoms with Gasteiger partial charge in [0.25, 0.3) is 0 Å². The summed E-state index contributed by atoms with van der Waals surface area (Å²) in [5, 5.41) is 0. The topological polar surface area (TPSA) is 9.23 Å². The Morgan fingerprint density at radius 1 is 0.714 bits per heavy atom. The average molecular weight is 453 g/mol. The van der Waals surface area contributed by atoms with Crippen LogP contribution >= 0.6 is 55.1 Å². The second kappa shape index (κ2) is 8.54. The fourth-order valence-corrected chi connectivity index (χ4v) is 3.05. The molecule has 0 radical (unpaired) electrons. The second-order valence-electron chi connectivity index (χ2n) is 4.62. The van der Waals surface area contributed by atoms with E-state index in [1.807, 2.05) is 48.5 Å². The van der Waals surface area contributed by atoms with Crippen LogP contribution in [-0.4, -0.2) is 11.1 Å². The van der Waals surface area contributed by atoms with Gasteiger partial charge in [0, 0.05) is 21.8 Å². The monoisotopic (exact) mass is 450 g/mol. The summed E-state index contributed by atoms with van der Waals surface area (Å²) in [7, 11) is 0. The number of halogens is 4. The minimum atomic E-state index is -0.441. The van der Waals surface area contributed by atoms with Gasteiger partial charge in [0.15, 0.2) is 0 Å². The summed E-state index contributed by atoms with van der Waals surface area (Å²) < 4.78 is 7.72. The van der Waals surface area contributed by atoms with E-state index >= 15 is 0 Å². The van der Waals surface area contributed by atoms with Crippen LogP contribution in [0.15, 0.2) is 57.5 Å². The molecule has 2 atom stereocenters. The first-order valence-corrected chi connectivity index (χ1v) is 8.91. The maximum absolute atomic E-state index is 6.22. The lowest BCUT2D eigenvalue weighted by atomic mass is 10.1. The van der Waals surface area contributed by atoms with Gasteiger partial charge in [-0.25, -0.2) is 0 Å². The van der Waals surface area contributed by atoms with E-state index in [0.717, 1.165) is 20.1 Å². The molecule has 0 saturated heterocycles. The maximum Gasteiger partial charge on any atom is 0.137 e. The summed E-state index contributed by atoms with van der Waals surface area (Å²) in [5.74, 6) is 0. The van der Waals surface area contributed by atoms with Crippen molar-refractivity contribution in [1.29, 1.82) is 0 Å². The molecule has 2 unspecified atom stereocenters. The highest BCUT2D eigenvalue weighted by atomic mass is 79.9. The van der Waals surface area contributed by atoms with Gasteiger partial charge >= 0.3 is 0 Å². The van der Waals surface area contributed by atoms with Crippen LogP contribution in [0.3, 0.4) is 0 Å². The van der Waals surface area contributed by atoms with E-state index in [0.29, 0.717) is 12.8 Å². The molecule has 2 aromatic carbocycles. The summed E-state index contributed by atoms with van der Waals surface area (Å²) in [5.41, 5.74) is 1.35. The number of alkyl halides is 2. The van der Waals surface area contributed by atoms with Gasteiger partial charge in [-0.2, -0.15) is 0 Å². The molecule has 0 N–H and O–H groups in total. The molecule has 1 nitrogen and oxygen atoms in total. The molecule has 0 saturated carbocycles. The van der Waals surface area contributed by atoms with Crippen LogP contribution in [0.5, 0.6) is 0 Å². The van der Waals surface area contributed by atoms with Crippen molar-refractivity contribution in [3.8, 4) is 0 Å². The fourth-order valence-electron chi connectivity index (χ4n) is 1.87. The largest absolute Gasteiger partial charge is 0.343 e. The lowest BCUT2D eigenvalue weighted by molar-refractivity contribution is 0.0825. The van der Waals surface area contributed by atoms with Gasteiger partial charge in [0.2, 0.25) is 0 Å². The van der Waals surface area contributed by atoms with Crippen molar-refractivity contribution in [1.82, 2.24) is 0 Å².